The van der Waals surface area contributed by atoms with Crippen molar-refractivity contribution < 1.29 is 9.59 Å². The lowest BCUT2D eigenvalue weighted by molar-refractivity contribution is -0.130. The fourth-order valence-electron chi connectivity index (χ4n) is 2.29. The summed E-state index contributed by atoms with van der Waals surface area (Å²) in [6.07, 6.45) is 3.68. The summed E-state index contributed by atoms with van der Waals surface area (Å²) in [6, 6.07) is 11.8. The lowest BCUT2D eigenvalue weighted by Crippen LogP contribution is -2.33. The highest BCUT2D eigenvalue weighted by Gasteiger charge is 2.11. The topological polar surface area (TPSA) is 62.3 Å². The van der Waals surface area contributed by atoms with E-state index in [0.717, 1.165) is 11.1 Å². The van der Waals surface area contributed by atoms with Crippen LogP contribution in [0.15, 0.2) is 48.8 Å². The summed E-state index contributed by atoms with van der Waals surface area (Å²) >= 11 is 0. The lowest BCUT2D eigenvalue weighted by Gasteiger charge is -2.20. The molecule has 2 amide bonds. The van der Waals surface area contributed by atoms with Gasteiger partial charge in [0.05, 0.1) is 0 Å². The largest absolute Gasteiger partial charge is 0.352 e. The zero-order chi connectivity index (χ0) is 17.4. The first-order chi connectivity index (χ1) is 11.5. The molecule has 1 heterocycles. The first kappa shape index (κ1) is 17.7. The zero-order valence-corrected chi connectivity index (χ0v) is 14.2. The van der Waals surface area contributed by atoms with Crippen molar-refractivity contribution in [1.29, 1.82) is 0 Å². The summed E-state index contributed by atoms with van der Waals surface area (Å²) < 4.78 is 0. The minimum atomic E-state index is -0.0587. The lowest BCUT2D eigenvalue weighted by atomic mass is 10.1. The second kappa shape index (κ2) is 8.82. The molecule has 0 aliphatic heterocycles. The predicted molar refractivity (Wildman–Crippen MR) is 93.0 cm³/mol. The number of benzene rings is 1. The predicted octanol–water partition coefficient (Wildman–Crippen LogP) is 2.45. The van der Waals surface area contributed by atoms with Crippen LogP contribution in [0.4, 0.5) is 0 Å². The third-order valence-corrected chi connectivity index (χ3v) is 3.79. The Labute approximate surface area is 142 Å². The van der Waals surface area contributed by atoms with Gasteiger partial charge >= 0.3 is 0 Å². The molecule has 0 fully saturated rings. The number of aromatic nitrogens is 1. The average Bonchev–Trinajstić information content (AvgIpc) is 2.58. The number of aryl methyl sites for hydroxylation is 1. The van der Waals surface area contributed by atoms with Crippen LogP contribution in [-0.4, -0.2) is 28.2 Å². The van der Waals surface area contributed by atoms with Crippen LogP contribution in [0.1, 0.15) is 30.0 Å². The van der Waals surface area contributed by atoms with E-state index in [-0.39, 0.29) is 18.2 Å². The number of nitrogens with zero attached hydrogens (tertiary/aromatic N) is 2. The van der Waals surface area contributed by atoms with E-state index in [1.54, 1.807) is 17.3 Å². The van der Waals surface area contributed by atoms with Crippen molar-refractivity contribution in [2.24, 2.45) is 0 Å². The van der Waals surface area contributed by atoms with Crippen molar-refractivity contribution in [3.05, 3.63) is 65.5 Å². The fraction of sp³-hybridized carbons (Fsp3) is 0.316. The van der Waals surface area contributed by atoms with Gasteiger partial charge < -0.3 is 10.2 Å². The van der Waals surface area contributed by atoms with Gasteiger partial charge in [-0.15, -0.1) is 0 Å². The summed E-state index contributed by atoms with van der Waals surface area (Å²) in [4.78, 5) is 29.4. The maximum atomic E-state index is 12.0. The smallest absolute Gasteiger partial charge is 0.222 e. The molecule has 0 aliphatic carbocycles. The van der Waals surface area contributed by atoms with E-state index in [9.17, 15) is 9.59 Å². The summed E-state index contributed by atoms with van der Waals surface area (Å²) in [6.45, 7) is 4.94. The van der Waals surface area contributed by atoms with Crippen molar-refractivity contribution in [2.75, 3.05) is 6.54 Å². The Morgan fingerprint density at radius 3 is 2.33 bits per heavy atom. The third-order valence-electron chi connectivity index (χ3n) is 3.79. The van der Waals surface area contributed by atoms with Gasteiger partial charge in [-0.25, -0.2) is 0 Å². The van der Waals surface area contributed by atoms with Gasteiger partial charge in [0.25, 0.3) is 0 Å². The average molecular weight is 325 g/mol. The number of amides is 2. The van der Waals surface area contributed by atoms with E-state index in [1.165, 1.54) is 12.5 Å². The quantitative estimate of drug-likeness (QED) is 0.850. The van der Waals surface area contributed by atoms with E-state index in [0.29, 0.717) is 19.6 Å². The summed E-state index contributed by atoms with van der Waals surface area (Å²) in [7, 11) is 0. The number of pyridine rings is 1. The van der Waals surface area contributed by atoms with Gasteiger partial charge in [-0.1, -0.05) is 29.8 Å². The molecule has 0 radical (unpaired) electrons. The molecule has 0 bridgehead atoms. The van der Waals surface area contributed by atoms with Crippen molar-refractivity contribution >= 4 is 11.8 Å². The Kier molecular flexibility index (Phi) is 6.49. The van der Waals surface area contributed by atoms with Crippen LogP contribution in [-0.2, 0) is 22.7 Å². The molecule has 2 aromatic rings. The van der Waals surface area contributed by atoms with Gasteiger partial charge in [0, 0.05) is 45.4 Å². The molecule has 1 aromatic carbocycles. The maximum absolute atomic E-state index is 12.0. The van der Waals surface area contributed by atoms with E-state index >= 15 is 0 Å². The number of hydrogen-bond acceptors (Lipinski definition) is 3. The molecule has 0 atom stereocenters. The van der Waals surface area contributed by atoms with E-state index in [1.807, 2.05) is 43.3 Å². The molecule has 1 N–H and O–H groups in total. The Hall–Kier alpha value is -2.69. The maximum Gasteiger partial charge on any atom is 0.222 e. The van der Waals surface area contributed by atoms with E-state index in [4.69, 9.17) is 0 Å². The van der Waals surface area contributed by atoms with Crippen LogP contribution < -0.4 is 5.32 Å². The summed E-state index contributed by atoms with van der Waals surface area (Å²) in [5.41, 5.74) is 3.26. The van der Waals surface area contributed by atoms with E-state index in [2.05, 4.69) is 10.3 Å². The number of hydrogen-bond donors (Lipinski definition) is 1. The monoisotopic (exact) mass is 325 g/mol. The number of rotatable bonds is 7. The molecule has 0 saturated carbocycles. The minimum absolute atomic E-state index is 0.0434. The van der Waals surface area contributed by atoms with Gasteiger partial charge in [-0.05, 0) is 30.2 Å². The Morgan fingerprint density at radius 1 is 1.04 bits per heavy atom. The van der Waals surface area contributed by atoms with E-state index < -0.39 is 0 Å². The van der Waals surface area contributed by atoms with Gasteiger partial charge in [0.15, 0.2) is 0 Å². The van der Waals surface area contributed by atoms with Gasteiger partial charge in [0.2, 0.25) is 11.8 Å². The van der Waals surface area contributed by atoms with Crippen LogP contribution in [0, 0.1) is 6.92 Å². The molecule has 0 unspecified atom stereocenters. The molecule has 0 aliphatic rings. The van der Waals surface area contributed by atoms with Crippen LogP contribution in [0.25, 0.3) is 0 Å². The fourth-order valence-corrected chi connectivity index (χ4v) is 2.29. The first-order valence-electron chi connectivity index (χ1n) is 8.01. The van der Waals surface area contributed by atoms with Crippen molar-refractivity contribution in [3.63, 3.8) is 0 Å². The third kappa shape index (κ3) is 5.83. The van der Waals surface area contributed by atoms with Gasteiger partial charge in [-0.2, -0.15) is 0 Å². The molecule has 5 nitrogen and oxygen atoms in total. The number of carbonyl (C=O) groups excluding carboxylic acids is 2. The highest BCUT2D eigenvalue weighted by atomic mass is 16.2. The Bertz CT molecular complexity index is 669. The number of carbonyl (C=O) groups is 2. The van der Waals surface area contributed by atoms with Crippen LogP contribution in [0.5, 0.6) is 0 Å². The van der Waals surface area contributed by atoms with Crippen molar-refractivity contribution in [1.82, 2.24) is 15.2 Å². The highest BCUT2D eigenvalue weighted by Crippen LogP contribution is 2.05. The number of nitrogens with one attached hydrogen (secondary N) is 1. The Balaban J connectivity index is 1.79. The first-order valence-corrected chi connectivity index (χ1v) is 8.01. The minimum Gasteiger partial charge on any atom is -0.352 e. The van der Waals surface area contributed by atoms with Crippen LogP contribution in [0.2, 0.25) is 0 Å². The second-order valence-corrected chi connectivity index (χ2v) is 5.81. The zero-order valence-electron chi connectivity index (χ0n) is 14.2. The molecular formula is C19H23N3O2. The molecule has 126 valence electrons. The van der Waals surface area contributed by atoms with Gasteiger partial charge in [0.1, 0.15) is 0 Å². The molecule has 0 saturated heterocycles. The normalized spacial score (nSPS) is 10.2. The van der Waals surface area contributed by atoms with Crippen molar-refractivity contribution in [3.8, 4) is 0 Å². The van der Waals surface area contributed by atoms with Crippen molar-refractivity contribution in [2.45, 2.75) is 33.4 Å². The molecular weight excluding hydrogens is 302 g/mol. The highest BCUT2D eigenvalue weighted by molar-refractivity contribution is 5.78. The molecule has 5 heteroatoms. The molecule has 1 aromatic heterocycles. The molecule has 24 heavy (non-hydrogen) atoms. The summed E-state index contributed by atoms with van der Waals surface area (Å²) in [5.74, 6) is -0.102. The van der Waals surface area contributed by atoms with Gasteiger partial charge in [-0.3, -0.25) is 14.6 Å². The SMILES string of the molecule is CC(=O)N(CCC(=O)NCc1ccc(C)cc1)Cc1ccncc1. The summed E-state index contributed by atoms with van der Waals surface area (Å²) in [5, 5.41) is 2.89. The second-order valence-electron chi connectivity index (χ2n) is 5.81. The van der Waals surface area contributed by atoms with Crippen LogP contribution in [0.3, 0.4) is 0 Å². The standard InChI is InChI=1S/C19H23N3O2/c1-15-3-5-17(6-4-15)13-21-19(24)9-12-22(16(2)23)14-18-7-10-20-11-8-18/h3-8,10-11H,9,12-14H2,1-2H3,(H,21,24). The molecule has 2 rings (SSSR count). The van der Waals surface area contributed by atoms with Crippen LogP contribution >= 0.6 is 0 Å². The molecule has 0 spiro atoms. The Morgan fingerprint density at radius 2 is 1.71 bits per heavy atom.